The van der Waals surface area contributed by atoms with Gasteiger partial charge < -0.3 is 15.0 Å². The number of hydrogen-bond donors (Lipinski definition) is 1. The number of hydrogen-bond acceptors (Lipinski definition) is 5. The van der Waals surface area contributed by atoms with E-state index in [9.17, 15) is 0 Å². The highest BCUT2D eigenvalue weighted by atomic mass is 16.5. The number of benzene rings is 1. The first-order valence-electron chi connectivity index (χ1n) is 7.38. The average molecular weight is 289 g/mol. The van der Waals surface area contributed by atoms with E-state index in [1.54, 1.807) is 0 Å². The van der Waals surface area contributed by atoms with E-state index in [4.69, 9.17) is 15.0 Å². The molecule has 1 aromatic carbocycles. The molecule has 0 aliphatic heterocycles. The molecule has 0 radical (unpaired) electrons. The van der Waals surface area contributed by atoms with Crippen LogP contribution in [0.2, 0.25) is 0 Å². The van der Waals surface area contributed by atoms with Crippen molar-refractivity contribution in [1.29, 1.82) is 0 Å². The van der Waals surface area contributed by atoms with Gasteiger partial charge in [0.15, 0.2) is 12.4 Å². The second-order valence-corrected chi connectivity index (χ2v) is 5.51. The molecule has 1 aromatic heterocycles. The number of nitrogens with two attached hydrogens (primary N) is 1. The maximum absolute atomic E-state index is 5.98. The van der Waals surface area contributed by atoms with E-state index >= 15 is 0 Å². The first kappa shape index (κ1) is 15.5. The average Bonchev–Trinajstić information content (AvgIpc) is 2.94. The van der Waals surface area contributed by atoms with Gasteiger partial charge in [-0.05, 0) is 30.5 Å². The summed E-state index contributed by atoms with van der Waals surface area (Å²) in [5.41, 5.74) is 7.15. The fourth-order valence-electron chi connectivity index (χ4n) is 1.92. The van der Waals surface area contributed by atoms with Gasteiger partial charge in [-0.3, -0.25) is 0 Å². The molecule has 0 fully saturated rings. The van der Waals surface area contributed by atoms with E-state index in [1.807, 2.05) is 32.0 Å². The lowest BCUT2D eigenvalue weighted by atomic mass is 10.0. The Labute approximate surface area is 125 Å². The number of rotatable bonds is 7. The molecule has 5 heteroatoms. The van der Waals surface area contributed by atoms with Gasteiger partial charge in [0.05, 0.1) is 0 Å². The molecule has 0 bridgehead atoms. The first-order valence-corrected chi connectivity index (χ1v) is 7.38. The topological polar surface area (TPSA) is 74.2 Å². The lowest BCUT2D eigenvalue weighted by Gasteiger charge is -2.10. The number of ether oxygens (including phenoxy) is 1. The van der Waals surface area contributed by atoms with Crippen LogP contribution in [0.3, 0.4) is 0 Å². The highest BCUT2D eigenvalue weighted by Gasteiger charge is 2.10. The van der Waals surface area contributed by atoms with Crippen molar-refractivity contribution in [2.75, 3.05) is 0 Å². The molecule has 0 spiro atoms. The van der Waals surface area contributed by atoms with Crippen LogP contribution in [-0.2, 0) is 13.0 Å². The molecule has 114 valence electrons. The van der Waals surface area contributed by atoms with Crippen molar-refractivity contribution in [3.63, 3.8) is 0 Å². The molecule has 0 saturated heterocycles. The minimum atomic E-state index is 0.185. The summed E-state index contributed by atoms with van der Waals surface area (Å²) in [5.74, 6) is 2.24. The summed E-state index contributed by atoms with van der Waals surface area (Å²) in [4.78, 5) is 4.29. The second-order valence-electron chi connectivity index (χ2n) is 5.51. The zero-order chi connectivity index (χ0) is 15.2. The molecule has 2 aromatic rings. The van der Waals surface area contributed by atoms with Crippen molar-refractivity contribution < 1.29 is 9.26 Å². The Balaban J connectivity index is 1.94. The fraction of sp³-hybridized carbons (Fsp3) is 0.500. The fourth-order valence-corrected chi connectivity index (χ4v) is 1.92. The van der Waals surface area contributed by atoms with E-state index in [2.05, 4.69) is 23.1 Å². The van der Waals surface area contributed by atoms with Crippen molar-refractivity contribution in [2.24, 2.45) is 5.73 Å². The van der Waals surface area contributed by atoms with Crippen LogP contribution < -0.4 is 10.5 Å². The van der Waals surface area contributed by atoms with Crippen LogP contribution in [0.25, 0.3) is 0 Å². The van der Waals surface area contributed by atoms with Gasteiger partial charge in [0.2, 0.25) is 0 Å². The van der Waals surface area contributed by atoms with Crippen LogP contribution in [0.15, 0.2) is 28.8 Å². The molecular formula is C16H23N3O2. The third kappa shape index (κ3) is 4.56. The molecule has 0 amide bonds. The minimum absolute atomic E-state index is 0.185. The predicted octanol–water partition coefficient (Wildman–Crippen LogP) is 3.05. The van der Waals surface area contributed by atoms with Crippen LogP contribution >= 0.6 is 0 Å². The van der Waals surface area contributed by atoms with Gasteiger partial charge in [-0.15, -0.1) is 0 Å². The standard InChI is InChI=1S/C16H23N3O2/c1-4-13(17)8-12-6-5-7-14(9-12)20-10-15-18-16(11(2)3)19-21-15/h5-7,9,11,13H,4,8,10,17H2,1-3H3. The predicted molar refractivity (Wildman–Crippen MR) is 81.1 cm³/mol. The molecular weight excluding hydrogens is 266 g/mol. The van der Waals surface area contributed by atoms with E-state index < -0.39 is 0 Å². The van der Waals surface area contributed by atoms with Crippen molar-refractivity contribution in [1.82, 2.24) is 10.1 Å². The second kappa shape index (κ2) is 7.22. The van der Waals surface area contributed by atoms with Gasteiger partial charge >= 0.3 is 0 Å². The third-order valence-corrected chi connectivity index (χ3v) is 3.28. The molecule has 1 atom stereocenters. The van der Waals surface area contributed by atoms with Gasteiger partial charge in [-0.2, -0.15) is 4.98 Å². The molecule has 2 N–H and O–H groups in total. The summed E-state index contributed by atoms with van der Waals surface area (Å²) >= 11 is 0. The zero-order valence-corrected chi connectivity index (χ0v) is 12.9. The highest BCUT2D eigenvalue weighted by Crippen LogP contribution is 2.17. The maximum atomic E-state index is 5.98. The van der Waals surface area contributed by atoms with E-state index in [0.29, 0.717) is 11.7 Å². The van der Waals surface area contributed by atoms with E-state index in [0.717, 1.165) is 18.6 Å². The number of aromatic nitrogens is 2. The Kier molecular flexibility index (Phi) is 5.33. The summed E-state index contributed by atoms with van der Waals surface area (Å²) in [6.07, 6.45) is 1.82. The Hall–Kier alpha value is -1.88. The molecule has 0 aliphatic carbocycles. The first-order chi connectivity index (χ1) is 10.1. The minimum Gasteiger partial charge on any atom is -0.484 e. The molecule has 1 heterocycles. The van der Waals surface area contributed by atoms with Crippen LogP contribution in [0.5, 0.6) is 5.75 Å². The van der Waals surface area contributed by atoms with Crippen molar-refractivity contribution in [3.05, 3.63) is 41.5 Å². The van der Waals surface area contributed by atoms with Crippen LogP contribution in [0.1, 0.15) is 50.4 Å². The van der Waals surface area contributed by atoms with E-state index in [1.165, 1.54) is 5.56 Å². The lowest BCUT2D eigenvalue weighted by molar-refractivity contribution is 0.242. The Morgan fingerprint density at radius 3 is 2.81 bits per heavy atom. The monoisotopic (exact) mass is 289 g/mol. The molecule has 0 aliphatic rings. The molecule has 21 heavy (non-hydrogen) atoms. The van der Waals surface area contributed by atoms with Gasteiger partial charge in [0.1, 0.15) is 5.75 Å². The maximum Gasteiger partial charge on any atom is 0.264 e. The van der Waals surface area contributed by atoms with Gasteiger partial charge in [0, 0.05) is 12.0 Å². The van der Waals surface area contributed by atoms with Gasteiger partial charge in [-0.1, -0.05) is 38.1 Å². The molecule has 0 saturated carbocycles. The summed E-state index contributed by atoms with van der Waals surface area (Å²) in [7, 11) is 0. The molecule has 5 nitrogen and oxygen atoms in total. The zero-order valence-electron chi connectivity index (χ0n) is 12.9. The van der Waals surface area contributed by atoms with Crippen molar-refractivity contribution in [2.45, 2.75) is 52.2 Å². The molecule has 2 rings (SSSR count). The third-order valence-electron chi connectivity index (χ3n) is 3.28. The Morgan fingerprint density at radius 1 is 1.33 bits per heavy atom. The lowest BCUT2D eigenvalue weighted by Crippen LogP contribution is -2.21. The van der Waals surface area contributed by atoms with Crippen molar-refractivity contribution in [3.8, 4) is 5.75 Å². The molecule has 1 unspecified atom stereocenters. The summed E-state index contributed by atoms with van der Waals surface area (Å²) < 4.78 is 10.9. The highest BCUT2D eigenvalue weighted by molar-refractivity contribution is 5.29. The van der Waals surface area contributed by atoms with Crippen LogP contribution in [-0.4, -0.2) is 16.2 Å². The largest absolute Gasteiger partial charge is 0.484 e. The van der Waals surface area contributed by atoms with Crippen LogP contribution in [0, 0.1) is 0 Å². The summed E-state index contributed by atoms with van der Waals surface area (Å²) in [5, 5.41) is 3.91. The normalized spacial score (nSPS) is 12.6. The van der Waals surface area contributed by atoms with E-state index in [-0.39, 0.29) is 18.6 Å². The summed E-state index contributed by atoms with van der Waals surface area (Å²) in [6, 6.07) is 8.15. The number of nitrogens with zero attached hydrogens (tertiary/aromatic N) is 2. The van der Waals surface area contributed by atoms with Crippen LogP contribution in [0.4, 0.5) is 0 Å². The van der Waals surface area contributed by atoms with Crippen molar-refractivity contribution >= 4 is 0 Å². The Morgan fingerprint density at radius 2 is 2.14 bits per heavy atom. The quantitative estimate of drug-likeness (QED) is 0.848. The van der Waals surface area contributed by atoms with Gasteiger partial charge in [0.25, 0.3) is 5.89 Å². The van der Waals surface area contributed by atoms with Gasteiger partial charge in [-0.25, -0.2) is 0 Å². The Bertz CT molecular complexity index is 566. The smallest absolute Gasteiger partial charge is 0.264 e. The summed E-state index contributed by atoms with van der Waals surface area (Å²) in [6.45, 7) is 6.42. The SMILES string of the molecule is CCC(N)Cc1cccc(OCc2nc(C(C)C)no2)c1.